The monoisotopic (exact) mass is 214 g/mol. The van der Waals surface area contributed by atoms with Gasteiger partial charge < -0.3 is 11.5 Å². The average molecular weight is 214 g/mol. The van der Waals surface area contributed by atoms with Crippen LogP contribution >= 0.6 is 0 Å². The van der Waals surface area contributed by atoms with Gasteiger partial charge in [-0.3, -0.25) is 0 Å². The van der Waals surface area contributed by atoms with E-state index in [2.05, 4.69) is 13.2 Å². The summed E-state index contributed by atoms with van der Waals surface area (Å²) in [6.07, 6.45) is 1.81. The number of hydrogen-bond donors (Lipinski definition) is 2. The summed E-state index contributed by atoms with van der Waals surface area (Å²) in [5, 5.41) is 0. The van der Waals surface area contributed by atoms with Crippen LogP contribution in [-0.4, -0.2) is 0 Å². The maximum Gasteiger partial charge on any atom is 0.0349 e. The molecule has 1 aromatic rings. The summed E-state index contributed by atoms with van der Waals surface area (Å²) < 4.78 is 0. The Bertz CT molecular complexity index is 468. The van der Waals surface area contributed by atoms with E-state index in [1.807, 2.05) is 38.1 Å². The van der Waals surface area contributed by atoms with Gasteiger partial charge in [0, 0.05) is 11.4 Å². The van der Waals surface area contributed by atoms with Crippen molar-refractivity contribution >= 4 is 11.3 Å². The van der Waals surface area contributed by atoms with Crippen molar-refractivity contribution in [1.29, 1.82) is 0 Å². The van der Waals surface area contributed by atoms with E-state index in [4.69, 9.17) is 11.5 Å². The van der Waals surface area contributed by atoms with Gasteiger partial charge in [0.2, 0.25) is 0 Å². The molecule has 0 heterocycles. The van der Waals surface area contributed by atoms with E-state index in [0.717, 1.165) is 28.0 Å². The molecule has 0 unspecified atom stereocenters. The smallest absolute Gasteiger partial charge is 0.0349 e. The van der Waals surface area contributed by atoms with Crippen LogP contribution in [0, 0.1) is 6.92 Å². The average Bonchev–Trinajstić information content (AvgIpc) is 2.21. The lowest BCUT2D eigenvalue weighted by Gasteiger charge is -2.06. The summed E-state index contributed by atoms with van der Waals surface area (Å²) in [4.78, 5) is 0. The molecule has 84 valence electrons. The number of benzene rings is 1. The third-order valence-electron chi connectivity index (χ3n) is 2.47. The van der Waals surface area contributed by atoms with Crippen LogP contribution in [0.15, 0.2) is 48.7 Å². The van der Waals surface area contributed by atoms with Crippen LogP contribution < -0.4 is 11.5 Å². The summed E-state index contributed by atoms with van der Waals surface area (Å²) >= 11 is 0. The molecule has 2 nitrogen and oxygen atoms in total. The van der Waals surface area contributed by atoms with Gasteiger partial charge in [-0.05, 0) is 48.3 Å². The molecule has 0 aliphatic rings. The van der Waals surface area contributed by atoms with Crippen molar-refractivity contribution in [2.24, 2.45) is 5.73 Å². The molecule has 0 atom stereocenters. The molecule has 16 heavy (non-hydrogen) atoms. The van der Waals surface area contributed by atoms with Gasteiger partial charge in [-0.1, -0.05) is 25.3 Å². The number of anilines is 1. The molecule has 0 aliphatic carbocycles. The van der Waals surface area contributed by atoms with E-state index in [0.29, 0.717) is 5.70 Å². The molecule has 1 rings (SSSR count). The van der Waals surface area contributed by atoms with Gasteiger partial charge in [-0.2, -0.15) is 0 Å². The molecule has 0 radical (unpaired) electrons. The Labute approximate surface area is 97.0 Å². The lowest BCUT2D eigenvalue weighted by molar-refractivity contribution is 1.31. The molecule has 0 spiro atoms. The van der Waals surface area contributed by atoms with Gasteiger partial charge in [-0.25, -0.2) is 0 Å². The maximum atomic E-state index is 5.84. The first-order valence-electron chi connectivity index (χ1n) is 5.10. The fourth-order valence-corrected chi connectivity index (χ4v) is 1.23. The number of nitrogens with two attached hydrogens (primary N) is 2. The zero-order chi connectivity index (χ0) is 12.3. The first-order valence-corrected chi connectivity index (χ1v) is 5.10. The lowest BCUT2D eigenvalue weighted by Crippen LogP contribution is -1.98. The maximum absolute atomic E-state index is 5.84. The van der Waals surface area contributed by atoms with Crippen molar-refractivity contribution < 1.29 is 0 Å². The second-order valence-corrected chi connectivity index (χ2v) is 3.98. The van der Waals surface area contributed by atoms with Gasteiger partial charge in [-0.15, -0.1) is 0 Å². The number of hydrogen-bond acceptors (Lipinski definition) is 2. The third-order valence-corrected chi connectivity index (χ3v) is 2.47. The lowest BCUT2D eigenvalue weighted by atomic mass is 10.0. The van der Waals surface area contributed by atoms with Gasteiger partial charge >= 0.3 is 0 Å². The summed E-state index contributed by atoms with van der Waals surface area (Å²) in [6, 6.07) is 5.86. The van der Waals surface area contributed by atoms with Crippen molar-refractivity contribution in [2.45, 2.75) is 13.8 Å². The van der Waals surface area contributed by atoms with Gasteiger partial charge in [0.1, 0.15) is 0 Å². The molecule has 2 heteroatoms. The van der Waals surface area contributed by atoms with Crippen molar-refractivity contribution in [3.8, 4) is 0 Å². The zero-order valence-electron chi connectivity index (χ0n) is 9.88. The number of rotatable bonds is 3. The molecule has 0 aromatic heterocycles. The first-order chi connectivity index (χ1) is 7.41. The first kappa shape index (κ1) is 12.1. The fraction of sp³-hybridized carbons (Fsp3) is 0.143. The minimum atomic E-state index is 0.643. The summed E-state index contributed by atoms with van der Waals surface area (Å²) in [6.45, 7) is 11.6. The number of allylic oxidation sites excluding steroid dienone is 3. The van der Waals surface area contributed by atoms with Crippen LogP contribution in [0.25, 0.3) is 5.57 Å². The topological polar surface area (TPSA) is 52.0 Å². The summed E-state index contributed by atoms with van der Waals surface area (Å²) in [5.41, 5.74) is 16.8. The third kappa shape index (κ3) is 2.76. The van der Waals surface area contributed by atoms with Crippen LogP contribution in [0.3, 0.4) is 0 Å². The van der Waals surface area contributed by atoms with Crippen LogP contribution in [0.2, 0.25) is 0 Å². The highest BCUT2D eigenvalue weighted by Gasteiger charge is 2.00. The van der Waals surface area contributed by atoms with Crippen molar-refractivity contribution in [3.05, 3.63) is 59.8 Å². The Balaban J connectivity index is 3.02. The van der Waals surface area contributed by atoms with Gasteiger partial charge in [0.05, 0.1) is 0 Å². The van der Waals surface area contributed by atoms with Crippen LogP contribution in [0.5, 0.6) is 0 Å². The molecule has 0 saturated heterocycles. The molecule has 1 aromatic carbocycles. The fourth-order valence-electron chi connectivity index (χ4n) is 1.23. The van der Waals surface area contributed by atoms with E-state index in [-0.39, 0.29) is 0 Å². The molecule has 0 saturated carbocycles. The predicted molar refractivity (Wildman–Crippen MR) is 71.7 cm³/mol. The molecule has 0 bridgehead atoms. The Kier molecular flexibility index (Phi) is 3.56. The van der Waals surface area contributed by atoms with Crippen molar-refractivity contribution in [3.63, 3.8) is 0 Å². The quantitative estimate of drug-likeness (QED) is 0.600. The van der Waals surface area contributed by atoms with E-state index in [9.17, 15) is 0 Å². The SMILES string of the molecule is C=C(C)/C(N)=C\C(=C)c1ccc(C)c(N)c1. The highest BCUT2D eigenvalue weighted by molar-refractivity contribution is 5.75. The minimum Gasteiger partial charge on any atom is -0.399 e. The Hall–Kier alpha value is -1.96. The Morgan fingerprint density at radius 3 is 2.44 bits per heavy atom. The minimum absolute atomic E-state index is 0.643. The van der Waals surface area contributed by atoms with E-state index < -0.39 is 0 Å². The standard InChI is InChI=1S/C14H18N2/c1-9(2)13(15)7-11(4)12-6-5-10(3)14(16)8-12/h5-8H,1,4,15-16H2,2-3H3/b13-7+. The van der Waals surface area contributed by atoms with Crippen molar-refractivity contribution in [1.82, 2.24) is 0 Å². The van der Waals surface area contributed by atoms with Crippen LogP contribution in [0.1, 0.15) is 18.1 Å². The molecular formula is C14H18N2. The molecule has 0 aliphatic heterocycles. The second kappa shape index (κ2) is 4.71. The summed E-state index contributed by atoms with van der Waals surface area (Å²) in [7, 11) is 0. The molecule has 0 fully saturated rings. The number of aryl methyl sites for hydroxylation is 1. The van der Waals surface area contributed by atoms with E-state index in [1.165, 1.54) is 0 Å². The normalized spacial score (nSPS) is 11.2. The zero-order valence-corrected chi connectivity index (χ0v) is 9.88. The molecule has 0 amide bonds. The Morgan fingerprint density at radius 2 is 1.94 bits per heavy atom. The summed E-state index contributed by atoms with van der Waals surface area (Å²) in [5.74, 6) is 0. The largest absolute Gasteiger partial charge is 0.399 e. The van der Waals surface area contributed by atoms with E-state index in [1.54, 1.807) is 0 Å². The molecular weight excluding hydrogens is 196 g/mol. The van der Waals surface area contributed by atoms with Gasteiger partial charge in [0.15, 0.2) is 0 Å². The van der Waals surface area contributed by atoms with E-state index >= 15 is 0 Å². The molecule has 4 N–H and O–H groups in total. The highest BCUT2D eigenvalue weighted by atomic mass is 14.6. The number of nitrogen functional groups attached to an aromatic ring is 1. The highest BCUT2D eigenvalue weighted by Crippen LogP contribution is 2.20. The second-order valence-electron chi connectivity index (χ2n) is 3.98. The van der Waals surface area contributed by atoms with Gasteiger partial charge in [0.25, 0.3) is 0 Å². The Morgan fingerprint density at radius 1 is 1.31 bits per heavy atom. The van der Waals surface area contributed by atoms with Crippen LogP contribution in [0.4, 0.5) is 5.69 Å². The van der Waals surface area contributed by atoms with Crippen molar-refractivity contribution in [2.75, 3.05) is 5.73 Å². The predicted octanol–water partition coefficient (Wildman–Crippen LogP) is 3.01. The van der Waals surface area contributed by atoms with Crippen LogP contribution in [-0.2, 0) is 0 Å².